The zero-order valence-electron chi connectivity index (χ0n) is 11.8. The van der Waals surface area contributed by atoms with Crippen LogP contribution in [0.25, 0.3) is 0 Å². The van der Waals surface area contributed by atoms with Gasteiger partial charge in [-0.25, -0.2) is 4.79 Å². The number of carboxylic acids is 1. The Labute approximate surface area is 113 Å². The van der Waals surface area contributed by atoms with Crippen LogP contribution in [-0.2, 0) is 9.59 Å². The van der Waals surface area contributed by atoms with Crippen molar-refractivity contribution in [3.63, 3.8) is 0 Å². The fourth-order valence-electron chi connectivity index (χ4n) is 1.14. The lowest BCUT2D eigenvalue weighted by Gasteiger charge is -2.18. The normalized spacial score (nSPS) is 13.5. The van der Waals surface area contributed by atoms with Gasteiger partial charge < -0.3 is 21.1 Å². The molecule has 2 atom stereocenters. The predicted octanol–water partition coefficient (Wildman–Crippen LogP) is 0.167. The summed E-state index contributed by atoms with van der Waals surface area (Å²) < 4.78 is 0. The molecule has 4 N–H and O–H groups in total. The average molecular weight is 273 g/mol. The molecule has 2 unspecified atom stereocenters. The second-order valence-corrected chi connectivity index (χ2v) is 4.94. The summed E-state index contributed by atoms with van der Waals surface area (Å²) in [6.07, 6.45) is 0. The first-order chi connectivity index (χ1) is 8.73. The summed E-state index contributed by atoms with van der Waals surface area (Å²) in [4.78, 5) is 33.5. The lowest BCUT2D eigenvalue weighted by Crippen LogP contribution is -2.48. The van der Waals surface area contributed by atoms with Crippen LogP contribution in [0.15, 0.2) is 0 Å². The molecule has 0 spiro atoms. The molecule has 7 nitrogen and oxygen atoms in total. The minimum atomic E-state index is -0.984. The first-order valence-corrected chi connectivity index (χ1v) is 6.27. The SMILES string of the molecule is CC(C)CNC(=O)CNC(=O)NC(C)C(C)C(=O)O. The highest BCUT2D eigenvalue weighted by atomic mass is 16.4. The molecule has 0 aliphatic heterocycles. The highest BCUT2D eigenvalue weighted by Gasteiger charge is 2.20. The maximum Gasteiger partial charge on any atom is 0.315 e. The van der Waals surface area contributed by atoms with Gasteiger partial charge in [0.25, 0.3) is 0 Å². The Kier molecular flexibility index (Phi) is 7.55. The Morgan fingerprint density at radius 1 is 1.05 bits per heavy atom. The third-order valence-electron chi connectivity index (χ3n) is 2.62. The number of aliphatic carboxylic acids is 1. The lowest BCUT2D eigenvalue weighted by atomic mass is 10.0. The van der Waals surface area contributed by atoms with Crippen LogP contribution in [0, 0.1) is 11.8 Å². The summed E-state index contributed by atoms with van der Waals surface area (Å²) in [5.74, 6) is -1.61. The molecule has 0 aromatic rings. The minimum Gasteiger partial charge on any atom is -0.481 e. The van der Waals surface area contributed by atoms with Crippen molar-refractivity contribution < 1.29 is 19.5 Å². The molecule has 110 valence electrons. The minimum absolute atomic E-state index is 0.132. The van der Waals surface area contributed by atoms with Gasteiger partial charge in [0.05, 0.1) is 12.5 Å². The van der Waals surface area contributed by atoms with E-state index in [0.717, 1.165) is 0 Å². The highest BCUT2D eigenvalue weighted by molar-refractivity contribution is 5.84. The van der Waals surface area contributed by atoms with Crippen LogP contribution in [0.3, 0.4) is 0 Å². The summed E-state index contributed by atoms with van der Waals surface area (Å²) in [5.41, 5.74) is 0. The van der Waals surface area contributed by atoms with E-state index in [1.54, 1.807) is 6.92 Å². The Bertz CT molecular complexity index is 331. The van der Waals surface area contributed by atoms with E-state index in [2.05, 4.69) is 16.0 Å². The summed E-state index contributed by atoms with van der Waals surface area (Å²) in [5, 5.41) is 16.3. The van der Waals surface area contributed by atoms with Gasteiger partial charge in [-0.1, -0.05) is 13.8 Å². The molecule has 0 rings (SSSR count). The van der Waals surface area contributed by atoms with E-state index in [-0.39, 0.29) is 12.5 Å². The molecule has 0 aromatic carbocycles. The molecule has 0 radical (unpaired) electrons. The smallest absolute Gasteiger partial charge is 0.315 e. The molecular weight excluding hydrogens is 250 g/mol. The number of carbonyl (C=O) groups is 3. The lowest BCUT2D eigenvalue weighted by molar-refractivity contribution is -0.141. The zero-order chi connectivity index (χ0) is 15.0. The van der Waals surface area contributed by atoms with Crippen LogP contribution in [-0.4, -0.2) is 42.1 Å². The number of hydrogen-bond donors (Lipinski definition) is 4. The molecule has 0 bridgehead atoms. The quantitative estimate of drug-likeness (QED) is 0.530. The standard InChI is InChI=1S/C12H23N3O4/c1-7(2)5-13-10(16)6-14-12(19)15-9(4)8(3)11(17)18/h7-9H,5-6H2,1-4H3,(H,13,16)(H,17,18)(H2,14,15,19). The Hall–Kier alpha value is -1.79. The molecule has 0 heterocycles. The number of nitrogens with one attached hydrogen (secondary N) is 3. The van der Waals surface area contributed by atoms with E-state index < -0.39 is 24.0 Å². The number of carboxylic acid groups (broad SMARTS) is 1. The van der Waals surface area contributed by atoms with Crippen molar-refractivity contribution in [3.8, 4) is 0 Å². The van der Waals surface area contributed by atoms with Crippen molar-refractivity contribution in [2.24, 2.45) is 11.8 Å². The van der Waals surface area contributed by atoms with Crippen molar-refractivity contribution in [3.05, 3.63) is 0 Å². The van der Waals surface area contributed by atoms with Gasteiger partial charge >= 0.3 is 12.0 Å². The molecular formula is C12H23N3O4. The first kappa shape index (κ1) is 17.2. The molecule has 0 fully saturated rings. The molecule has 0 saturated carbocycles. The van der Waals surface area contributed by atoms with Crippen LogP contribution < -0.4 is 16.0 Å². The van der Waals surface area contributed by atoms with Gasteiger partial charge in [-0.2, -0.15) is 0 Å². The van der Waals surface area contributed by atoms with Crippen LogP contribution >= 0.6 is 0 Å². The van der Waals surface area contributed by atoms with Crippen molar-refractivity contribution in [2.45, 2.75) is 33.7 Å². The molecule has 19 heavy (non-hydrogen) atoms. The van der Waals surface area contributed by atoms with E-state index in [9.17, 15) is 14.4 Å². The largest absolute Gasteiger partial charge is 0.481 e. The Balaban J connectivity index is 3.93. The molecule has 0 aliphatic carbocycles. The number of rotatable bonds is 7. The van der Waals surface area contributed by atoms with Crippen molar-refractivity contribution in [1.82, 2.24) is 16.0 Å². The third kappa shape index (κ3) is 8.01. The second-order valence-electron chi connectivity index (χ2n) is 4.94. The fraction of sp³-hybridized carbons (Fsp3) is 0.750. The number of hydrogen-bond acceptors (Lipinski definition) is 3. The summed E-state index contributed by atoms with van der Waals surface area (Å²) in [6.45, 7) is 7.45. The van der Waals surface area contributed by atoms with Crippen LogP contribution in [0.5, 0.6) is 0 Å². The number of amides is 3. The van der Waals surface area contributed by atoms with E-state index in [1.807, 2.05) is 13.8 Å². The number of carbonyl (C=O) groups excluding carboxylic acids is 2. The third-order valence-corrected chi connectivity index (χ3v) is 2.62. The van der Waals surface area contributed by atoms with Gasteiger partial charge in [0.2, 0.25) is 5.91 Å². The van der Waals surface area contributed by atoms with Gasteiger partial charge in [-0.05, 0) is 19.8 Å². The second kappa shape index (κ2) is 8.34. The maximum atomic E-state index is 11.4. The maximum absolute atomic E-state index is 11.4. The van der Waals surface area contributed by atoms with E-state index in [1.165, 1.54) is 6.92 Å². The monoisotopic (exact) mass is 273 g/mol. The Morgan fingerprint density at radius 2 is 1.63 bits per heavy atom. The predicted molar refractivity (Wildman–Crippen MR) is 70.6 cm³/mol. The molecule has 0 aromatic heterocycles. The molecule has 0 aliphatic rings. The fourth-order valence-corrected chi connectivity index (χ4v) is 1.14. The Morgan fingerprint density at radius 3 is 2.11 bits per heavy atom. The van der Waals surface area contributed by atoms with Crippen molar-refractivity contribution in [1.29, 1.82) is 0 Å². The van der Waals surface area contributed by atoms with Crippen LogP contribution in [0.2, 0.25) is 0 Å². The van der Waals surface area contributed by atoms with Gasteiger partial charge in [-0.3, -0.25) is 9.59 Å². The summed E-state index contributed by atoms with van der Waals surface area (Å²) in [7, 11) is 0. The van der Waals surface area contributed by atoms with Crippen molar-refractivity contribution >= 4 is 17.9 Å². The van der Waals surface area contributed by atoms with Gasteiger partial charge in [0.15, 0.2) is 0 Å². The summed E-state index contributed by atoms with van der Waals surface area (Å²) in [6, 6.07) is -1.07. The zero-order valence-corrected chi connectivity index (χ0v) is 11.8. The van der Waals surface area contributed by atoms with E-state index in [4.69, 9.17) is 5.11 Å². The number of urea groups is 1. The van der Waals surface area contributed by atoms with Gasteiger partial charge in [0, 0.05) is 12.6 Å². The van der Waals surface area contributed by atoms with Crippen LogP contribution in [0.4, 0.5) is 4.79 Å². The van der Waals surface area contributed by atoms with E-state index >= 15 is 0 Å². The van der Waals surface area contributed by atoms with Gasteiger partial charge in [-0.15, -0.1) is 0 Å². The summed E-state index contributed by atoms with van der Waals surface area (Å²) >= 11 is 0. The topological polar surface area (TPSA) is 108 Å². The van der Waals surface area contributed by atoms with E-state index in [0.29, 0.717) is 12.5 Å². The molecule has 3 amide bonds. The van der Waals surface area contributed by atoms with Gasteiger partial charge in [0.1, 0.15) is 0 Å². The molecule has 7 heteroatoms. The van der Waals surface area contributed by atoms with Crippen molar-refractivity contribution in [2.75, 3.05) is 13.1 Å². The molecule has 0 saturated heterocycles. The first-order valence-electron chi connectivity index (χ1n) is 6.27. The highest BCUT2D eigenvalue weighted by Crippen LogP contribution is 2.01. The average Bonchev–Trinajstić information content (AvgIpc) is 2.32. The van der Waals surface area contributed by atoms with Crippen LogP contribution in [0.1, 0.15) is 27.7 Å².